The van der Waals surface area contributed by atoms with Gasteiger partial charge in [0, 0.05) is 22.4 Å². The van der Waals surface area contributed by atoms with Crippen molar-refractivity contribution >= 4 is 27.3 Å². The average Bonchev–Trinajstić information content (AvgIpc) is 2.38. The van der Waals surface area contributed by atoms with Gasteiger partial charge in [-0.3, -0.25) is 0 Å². The lowest BCUT2D eigenvalue weighted by atomic mass is 10.1. The topological polar surface area (TPSA) is 38.0 Å². The van der Waals surface area contributed by atoms with Gasteiger partial charge < -0.3 is 11.1 Å². The average molecular weight is 345 g/mol. The number of halogens is 4. The number of benzene rings is 2. The van der Waals surface area contributed by atoms with Crippen molar-refractivity contribution in [2.45, 2.75) is 12.7 Å². The molecule has 0 saturated heterocycles. The van der Waals surface area contributed by atoms with Crippen molar-refractivity contribution in [1.82, 2.24) is 0 Å². The molecule has 2 aromatic rings. The van der Waals surface area contributed by atoms with Gasteiger partial charge in [0.25, 0.3) is 0 Å². The van der Waals surface area contributed by atoms with Gasteiger partial charge in [-0.1, -0.05) is 28.1 Å². The summed E-state index contributed by atoms with van der Waals surface area (Å²) in [5, 5.41) is 2.79. The van der Waals surface area contributed by atoms with E-state index in [-0.39, 0.29) is 11.4 Å². The Bertz CT molecular complexity index is 594. The minimum Gasteiger partial charge on any atom is -0.399 e. The van der Waals surface area contributed by atoms with E-state index in [2.05, 4.69) is 21.2 Å². The Hall–Kier alpha value is -1.69. The number of nitrogens with two attached hydrogens (primary N) is 1. The monoisotopic (exact) mass is 344 g/mol. The summed E-state index contributed by atoms with van der Waals surface area (Å²) < 4.78 is 39.6. The molecule has 6 heteroatoms. The molecule has 2 rings (SSSR count). The number of nitrogens with one attached hydrogen (secondary N) is 1. The Labute approximate surface area is 122 Å². The van der Waals surface area contributed by atoms with E-state index in [1.54, 1.807) is 0 Å². The highest BCUT2D eigenvalue weighted by Gasteiger charge is 2.33. The van der Waals surface area contributed by atoms with Gasteiger partial charge in [-0.15, -0.1) is 0 Å². The van der Waals surface area contributed by atoms with Crippen molar-refractivity contribution in [3.8, 4) is 0 Å². The predicted molar refractivity (Wildman–Crippen MR) is 77.3 cm³/mol. The quantitative estimate of drug-likeness (QED) is 0.794. The van der Waals surface area contributed by atoms with Crippen LogP contribution >= 0.6 is 15.9 Å². The summed E-state index contributed by atoms with van der Waals surface area (Å²) in [6.07, 6.45) is -4.43. The normalized spacial score (nSPS) is 11.4. The summed E-state index contributed by atoms with van der Waals surface area (Å²) >= 11 is 3.30. The van der Waals surface area contributed by atoms with E-state index in [1.165, 1.54) is 12.1 Å². The molecule has 106 valence electrons. The van der Waals surface area contributed by atoms with Gasteiger partial charge in [-0.25, -0.2) is 0 Å². The third kappa shape index (κ3) is 3.66. The van der Waals surface area contributed by atoms with Crippen molar-refractivity contribution < 1.29 is 13.2 Å². The van der Waals surface area contributed by atoms with Crippen LogP contribution in [0.25, 0.3) is 0 Å². The molecule has 0 amide bonds. The van der Waals surface area contributed by atoms with Gasteiger partial charge in [0.05, 0.1) is 5.56 Å². The van der Waals surface area contributed by atoms with Gasteiger partial charge in [-0.05, 0) is 35.9 Å². The van der Waals surface area contributed by atoms with E-state index in [0.29, 0.717) is 6.54 Å². The highest BCUT2D eigenvalue weighted by Crippen LogP contribution is 2.36. The smallest absolute Gasteiger partial charge is 0.399 e. The molecule has 0 spiro atoms. The lowest BCUT2D eigenvalue weighted by Gasteiger charge is -2.15. The first-order chi connectivity index (χ1) is 9.36. The van der Waals surface area contributed by atoms with Crippen LogP contribution < -0.4 is 11.1 Å². The zero-order valence-corrected chi connectivity index (χ0v) is 11.9. The summed E-state index contributed by atoms with van der Waals surface area (Å²) in [6.45, 7) is 0.306. The first-order valence-corrected chi connectivity index (χ1v) is 6.60. The van der Waals surface area contributed by atoms with Crippen LogP contribution in [-0.4, -0.2) is 0 Å². The fourth-order valence-electron chi connectivity index (χ4n) is 1.75. The van der Waals surface area contributed by atoms with Gasteiger partial charge in [-0.2, -0.15) is 13.2 Å². The number of hydrogen-bond donors (Lipinski definition) is 2. The van der Waals surface area contributed by atoms with Crippen LogP contribution in [0, 0.1) is 0 Å². The molecular formula is C14H12BrF3N2. The molecule has 0 aliphatic heterocycles. The van der Waals surface area contributed by atoms with Crippen molar-refractivity contribution in [2.24, 2.45) is 0 Å². The van der Waals surface area contributed by atoms with E-state index in [9.17, 15) is 13.2 Å². The van der Waals surface area contributed by atoms with E-state index >= 15 is 0 Å². The van der Waals surface area contributed by atoms with Crippen LogP contribution in [0.4, 0.5) is 24.5 Å². The fraction of sp³-hybridized carbons (Fsp3) is 0.143. The van der Waals surface area contributed by atoms with Gasteiger partial charge in [0.2, 0.25) is 0 Å². The fourth-order valence-corrected chi connectivity index (χ4v) is 2.01. The molecule has 0 saturated carbocycles. The molecule has 0 bridgehead atoms. The van der Waals surface area contributed by atoms with Gasteiger partial charge in [0.1, 0.15) is 0 Å². The Morgan fingerprint density at radius 3 is 2.30 bits per heavy atom. The first kappa shape index (κ1) is 14.7. The van der Waals surface area contributed by atoms with Crippen LogP contribution in [0.5, 0.6) is 0 Å². The molecule has 2 nitrogen and oxygen atoms in total. The highest BCUT2D eigenvalue weighted by atomic mass is 79.9. The number of hydrogen-bond acceptors (Lipinski definition) is 2. The molecule has 0 fully saturated rings. The van der Waals surface area contributed by atoms with Crippen LogP contribution in [0.15, 0.2) is 46.9 Å². The van der Waals surface area contributed by atoms with Gasteiger partial charge in [0.15, 0.2) is 0 Å². The number of alkyl halides is 3. The molecule has 0 heterocycles. The van der Waals surface area contributed by atoms with E-state index in [1.807, 2.05) is 24.3 Å². The van der Waals surface area contributed by atoms with Gasteiger partial charge >= 0.3 is 6.18 Å². The maximum Gasteiger partial charge on any atom is 0.418 e. The molecule has 0 aliphatic carbocycles. The molecule has 3 N–H and O–H groups in total. The molecule has 0 aliphatic rings. The van der Waals surface area contributed by atoms with E-state index in [0.717, 1.165) is 16.1 Å². The molecule has 0 aromatic heterocycles. The number of anilines is 2. The van der Waals surface area contributed by atoms with Crippen molar-refractivity contribution in [3.05, 3.63) is 58.1 Å². The first-order valence-electron chi connectivity index (χ1n) is 5.81. The highest BCUT2D eigenvalue weighted by molar-refractivity contribution is 9.10. The Morgan fingerprint density at radius 2 is 1.70 bits per heavy atom. The minimum absolute atomic E-state index is 0.0228. The van der Waals surface area contributed by atoms with Crippen molar-refractivity contribution in [1.29, 1.82) is 0 Å². The van der Waals surface area contributed by atoms with Crippen LogP contribution in [0.2, 0.25) is 0 Å². The molecule has 0 unspecified atom stereocenters. The summed E-state index contributed by atoms with van der Waals surface area (Å²) in [6, 6.07) is 11.1. The molecule has 0 atom stereocenters. The summed E-state index contributed by atoms with van der Waals surface area (Å²) in [4.78, 5) is 0. The van der Waals surface area contributed by atoms with Crippen molar-refractivity contribution in [2.75, 3.05) is 11.1 Å². The summed E-state index contributed by atoms with van der Waals surface area (Å²) in [5.41, 5.74) is 5.66. The van der Waals surface area contributed by atoms with Crippen LogP contribution in [0.3, 0.4) is 0 Å². The van der Waals surface area contributed by atoms with Crippen LogP contribution in [0.1, 0.15) is 11.1 Å². The lowest BCUT2D eigenvalue weighted by Crippen LogP contribution is -2.11. The minimum atomic E-state index is -4.43. The predicted octanol–water partition coefficient (Wildman–Crippen LogP) is 4.66. The largest absolute Gasteiger partial charge is 0.418 e. The number of rotatable bonds is 3. The SMILES string of the molecule is Nc1ccc(NCc2ccc(Br)cc2)c(C(F)(F)F)c1. The zero-order valence-electron chi connectivity index (χ0n) is 10.3. The lowest BCUT2D eigenvalue weighted by molar-refractivity contribution is -0.136. The maximum atomic E-state index is 12.9. The second kappa shape index (κ2) is 5.75. The molecule has 20 heavy (non-hydrogen) atoms. The standard InChI is InChI=1S/C14H12BrF3N2/c15-10-3-1-9(2-4-10)8-20-13-6-5-11(19)7-12(13)14(16,17)18/h1-7,20H,8,19H2. The molecule has 0 radical (unpaired) electrons. The molecular weight excluding hydrogens is 333 g/mol. The number of nitrogen functional groups attached to an aromatic ring is 1. The van der Waals surface area contributed by atoms with E-state index in [4.69, 9.17) is 5.73 Å². The third-order valence-electron chi connectivity index (χ3n) is 2.75. The zero-order chi connectivity index (χ0) is 14.8. The Kier molecular flexibility index (Phi) is 4.23. The third-order valence-corrected chi connectivity index (χ3v) is 3.27. The van der Waals surface area contributed by atoms with E-state index < -0.39 is 11.7 Å². The second-order valence-electron chi connectivity index (χ2n) is 4.28. The molecule has 2 aromatic carbocycles. The van der Waals surface area contributed by atoms with Crippen molar-refractivity contribution in [3.63, 3.8) is 0 Å². The summed E-state index contributed by atoms with van der Waals surface area (Å²) in [5.74, 6) is 0. The van der Waals surface area contributed by atoms with Crippen LogP contribution in [-0.2, 0) is 12.7 Å². The maximum absolute atomic E-state index is 12.9. The second-order valence-corrected chi connectivity index (χ2v) is 5.20. The Balaban J connectivity index is 2.19. The Morgan fingerprint density at radius 1 is 1.05 bits per heavy atom. The summed E-state index contributed by atoms with van der Waals surface area (Å²) in [7, 11) is 0.